The standard InChI is InChI=1S/C11H21O2P.CH2O2/c1-3-8(2)9-4-5-10-7-12-14-13-11(10)6-9;2-1-3/h8-11,14H,3-7H2,1-2H3;1H,(H,2,3). The maximum Gasteiger partial charge on any atom is 0.290 e. The Morgan fingerprint density at radius 3 is 2.88 bits per heavy atom. The minimum atomic E-state index is -0.250. The number of hydrogen-bond donors (Lipinski definition) is 1. The number of carbonyl (C=O) groups is 1. The first kappa shape index (κ1) is 14.9. The summed E-state index contributed by atoms with van der Waals surface area (Å²) in [5.41, 5.74) is 0. The molecule has 1 saturated heterocycles. The fourth-order valence-electron chi connectivity index (χ4n) is 2.64. The van der Waals surface area contributed by atoms with E-state index in [1.165, 1.54) is 25.7 Å². The molecule has 17 heavy (non-hydrogen) atoms. The third-order valence-corrected chi connectivity index (χ3v) is 4.66. The van der Waals surface area contributed by atoms with Crippen LogP contribution in [-0.4, -0.2) is 24.3 Å². The minimum absolute atomic E-state index is 0.250. The van der Waals surface area contributed by atoms with Gasteiger partial charge in [-0.1, -0.05) is 20.3 Å². The second-order valence-corrected chi connectivity index (χ2v) is 5.57. The van der Waals surface area contributed by atoms with E-state index in [1.807, 2.05) is 0 Å². The van der Waals surface area contributed by atoms with Crippen LogP contribution in [0, 0.1) is 17.8 Å². The quantitative estimate of drug-likeness (QED) is 0.613. The van der Waals surface area contributed by atoms with Gasteiger partial charge in [0, 0.05) is 5.92 Å². The van der Waals surface area contributed by atoms with Gasteiger partial charge in [-0.15, -0.1) is 0 Å². The topological polar surface area (TPSA) is 55.8 Å². The summed E-state index contributed by atoms with van der Waals surface area (Å²) in [6, 6.07) is 0. The van der Waals surface area contributed by atoms with Gasteiger partial charge in [0.25, 0.3) is 6.47 Å². The summed E-state index contributed by atoms with van der Waals surface area (Å²) in [6.07, 6.45) is 5.78. The molecule has 0 aromatic carbocycles. The lowest BCUT2D eigenvalue weighted by molar-refractivity contribution is -0.122. The molecular weight excluding hydrogens is 239 g/mol. The van der Waals surface area contributed by atoms with Gasteiger partial charge in [0.2, 0.25) is 0 Å². The van der Waals surface area contributed by atoms with Crippen LogP contribution in [0.1, 0.15) is 39.5 Å². The predicted molar refractivity (Wildman–Crippen MR) is 68.1 cm³/mol. The summed E-state index contributed by atoms with van der Waals surface area (Å²) >= 11 is 0. The molecule has 4 nitrogen and oxygen atoms in total. The molecule has 0 radical (unpaired) electrons. The van der Waals surface area contributed by atoms with E-state index in [2.05, 4.69) is 13.8 Å². The molecule has 1 aliphatic heterocycles. The predicted octanol–water partition coefficient (Wildman–Crippen LogP) is 3.07. The molecule has 5 heteroatoms. The summed E-state index contributed by atoms with van der Waals surface area (Å²) < 4.78 is 11.1. The highest BCUT2D eigenvalue weighted by Gasteiger charge is 2.35. The van der Waals surface area contributed by atoms with Crippen LogP contribution in [0.25, 0.3) is 0 Å². The van der Waals surface area contributed by atoms with Crippen LogP contribution in [0.15, 0.2) is 0 Å². The molecule has 1 aliphatic carbocycles. The zero-order valence-electron chi connectivity index (χ0n) is 10.6. The van der Waals surface area contributed by atoms with Crippen molar-refractivity contribution in [2.75, 3.05) is 6.61 Å². The highest BCUT2D eigenvalue weighted by molar-refractivity contribution is 7.26. The Hall–Kier alpha value is -0.180. The third-order valence-electron chi connectivity index (χ3n) is 3.97. The molecule has 5 unspecified atom stereocenters. The Bertz CT molecular complexity index is 225. The Balaban J connectivity index is 0.000000437. The molecule has 1 heterocycles. The van der Waals surface area contributed by atoms with Gasteiger partial charge in [-0.2, -0.15) is 0 Å². The first-order chi connectivity index (χ1) is 8.22. The second kappa shape index (κ2) is 8.02. The van der Waals surface area contributed by atoms with E-state index in [1.54, 1.807) is 0 Å². The lowest BCUT2D eigenvalue weighted by atomic mass is 9.74. The van der Waals surface area contributed by atoms with Crippen molar-refractivity contribution in [3.05, 3.63) is 0 Å². The first-order valence-corrected chi connectivity index (χ1v) is 7.14. The van der Waals surface area contributed by atoms with Crippen molar-refractivity contribution in [2.24, 2.45) is 17.8 Å². The molecule has 1 N–H and O–H groups in total. The van der Waals surface area contributed by atoms with Gasteiger partial charge in [-0.25, -0.2) is 0 Å². The minimum Gasteiger partial charge on any atom is -0.483 e. The van der Waals surface area contributed by atoms with Gasteiger partial charge in [0.15, 0.2) is 9.03 Å². The molecule has 0 amide bonds. The Morgan fingerprint density at radius 2 is 2.24 bits per heavy atom. The largest absolute Gasteiger partial charge is 0.483 e. The summed E-state index contributed by atoms with van der Waals surface area (Å²) in [7, 11) is 0.296. The van der Waals surface area contributed by atoms with Crippen LogP contribution in [-0.2, 0) is 13.8 Å². The maximum atomic E-state index is 8.36. The average molecular weight is 262 g/mol. The highest BCUT2D eigenvalue weighted by atomic mass is 31.1. The van der Waals surface area contributed by atoms with Gasteiger partial charge in [0.1, 0.15) is 0 Å². The molecule has 5 atom stereocenters. The van der Waals surface area contributed by atoms with E-state index in [-0.39, 0.29) is 6.47 Å². The fourth-order valence-corrected chi connectivity index (χ4v) is 3.41. The Kier molecular flexibility index (Phi) is 7.02. The van der Waals surface area contributed by atoms with Gasteiger partial charge in [-0.05, 0) is 31.1 Å². The molecule has 1 saturated carbocycles. The number of fused-ring (bicyclic) bond motifs is 1. The molecule has 0 aromatic rings. The van der Waals surface area contributed by atoms with Crippen LogP contribution < -0.4 is 0 Å². The lowest BCUT2D eigenvalue weighted by Crippen LogP contribution is -2.36. The molecule has 0 spiro atoms. The van der Waals surface area contributed by atoms with Gasteiger partial charge < -0.3 is 14.2 Å². The van der Waals surface area contributed by atoms with Crippen molar-refractivity contribution < 1.29 is 18.9 Å². The van der Waals surface area contributed by atoms with E-state index in [0.717, 1.165) is 18.4 Å². The van der Waals surface area contributed by atoms with Crippen LogP contribution in [0.2, 0.25) is 0 Å². The maximum absolute atomic E-state index is 8.36. The Labute approximate surface area is 105 Å². The Morgan fingerprint density at radius 1 is 1.53 bits per heavy atom. The van der Waals surface area contributed by atoms with Crippen molar-refractivity contribution in [3.8, 4) is 0 Å². The summed E-state index contributed by atoms with van der Waals surface area (Å²) in [5.74, 6) is 2.45. The summed E-state index contributed by atoms with van der Waals surface area (Å²) in [6.45, 7) is 5.37. The van der Waals surface area contributed by atoms with E-state index in [0.29, 0.717) is 21.1 Å². The fraction of sp³-hybridized carbons (Fsp3) is 0.917. The number of carboxylic acid groups (broad SMARTS) is 1. The normalized spacial score (nSPS) is 35.3. The first-order valence-electron chi connectivity index (χ1n) is 6.33. The third kappa shape index (κ3) is 4.53. The van der Waals surface area contributed by atoms with Crippen molar-refractivity contribution in [1.29, 1.82) is 0 Å². The highest BCUT2D eigenvalue weighted by Crippen LogP contribution is 2.42. The molecule has 0 aromatic heterocycles. The van der Waals surface area contributed by atoms with E-state index < -0.39 is 0 Å². The summed E-state index contributed by atoms with van der Waals surface area (Å²) in [4.78, 5) is 8.36. The van der Waals surface area contributed by atoms with E-state index in [9.17, 15) is 0 Å². The van der Waals surface area contributed by atoms with Crippen molar-refractivity contribution >= 4 is 15.5 Å². The molecule has 2 fully saturated rings. The molecular formula is C12H23O4P. The zero-order valence-corrected chi connectivity index (χ0v) is 11.6. The van der Waals surface area contributed by atoms with Crippen LogP contribution in [0.3, 0.4) is 0 Å². The van der Waals surface area contributed by atoms with Crippen LogP contribution >= 0.6 is 9.03 Å². The monoisotopic (exact) mass is 262 g/mol. The molecule has 2 rings (SSSR count). The van der Waals surface area contributed by atoms with Gasteiger partial charge >= 0.3 is 0 Å². The summed E-state index contributed by atoms with van der Waals surface area (Å²) in [5, 5.41) is 6.89. The van der Waals surface area contributed by atoms with Gasteiger partial charge in [-0.3, -0.25) is 4.79 Å². The molecule has 0 bridgehead atoms. The SMILES string of the molecule is CCC(C)C1CCC2COPOC2C1.O=CO. The number of hydrogen-bond acceptors (Lipinski definition) is 3. The van der Waals surface area contributed by atoms with Crippen molar-refractivity contribution in [1.82, 2.24) is 0 Å². The average Bonchev–Trinajstić information content (AvgIpc) is 2.38. The molecule has 100 valence electrons. The van der Waals surface area contributed by atoms with Crippen LogP contribution in [0.5, 0.6) is 0 Å². The zero-order chi connectivity index (χ0) is 12.7. The second-order valence-electron chi connectivity index (χ2n) is 4.87. The molecule has 2 aliphatic rings. The van der Waals surface area contributed by atoms with Gasteiger partial charge in [0.05, 0.1) is 12.7 Å². The van der Waals surface area contributed by atoms with Crippen molar-refractivity contribution in [3.63, 3.8) is 0 Å². The van der Waals surface area contributed by atoms with E-state index in [4.69, 9.17) is 18.9 Å². The number of rotatable bonds is 2. The van der Waals surface area contributed by atoms with E-state index >= 15 is 0 Å². The lowest BCUT2D eigenvalue weighted by Gasteiger charge is -2.40. The smallest absolute Gasteiger partial charge is 0.290 e. The van der Waals surface area contributed by atoms with Crippen LogP contribution in [0.4, 0.5) is 0 Å². The van der Waals surface area contributed by atoms with Crippen molar-refractivity contribution in [2.45, 2.75) is 45.6 Å².